The number of amides is 6. The van der Waals surface area contributed by atoms with Gasteiger partial charge in [0, 0.05) is 42.9 Å². The summed E-state index contributed by atoms with van der Waals surface area (Å²) in [5, 5.41) is 25.9. The zero-order valence-corrected chi connectivity index (χ0v) is 34.6. The number of benzene rings is 4. The molecule has 6 amide bonds. The molecule has 14 heteroatoms. The highest BCUT2D eigenvalue weighted by Crippen LogP contribution is 2.22. The third-order valence-corrected chi connectivity index (χ3v) is 11.6. The van der Waals surface area contributed by atoms with E-state index in [1.54, 1.807) is 42.6 Å². The summed E-state index contributed by atoms with van der Waals surface area (Å²) in [6.45, 7) is 1.57. The lowest BCUT2D eigenvalue weighted by Crippen LogP contribution is -2.63. The number of aromatic nitrogens is 1. The van der Waals surface area contributed by atoms with Gasteiger partial charge >= 0.3 is 0 Å². The first-order valence-corrected chi connectivity index (χ1v) is 21.2. The van der Waals surface area contributed by atoms with Crippen LogP contribution < -0.4 is 26.6 Å². The molecule has 0 radical (unpaired) electrons. The number of aromatic amines is 1. The van der Waals surface area contributed by atoms with Gasteiger partial charge in [0.05, 0.1) is 6.10 Å². The van der Waals surface area contributed by atoms with Crippen molar-refractivity contribution < 1.29 is 33.9 Å². The Kier molecular flexibility index (Phi) is 14.1. The molecule has 0 unspecified atom stereocenters. The van der Waals surface area contributed by atoms with Crippen molar-refractivity contribution in [3.05, 3.63) is 144 Å². The number of nitrogens with one attached hydrogen (secondary N) is 6. The van der Waals surface area contributed by atoms with Gasteiger partial charge in [0.15, 0.2) is 0 Å². The summed E-state index contributed by atoms with van der Waals surface area (Å²) in [6.07, 6.45) is 1.84. The summed E-state index contributed by atoms with van der Waals surface area (Å²) in [7, 11) is 0. The molecule has 322 valence electrons. The molecule has 4 aromatic carbocycles. The maximum absolute atomic E-state index is 14.6. The number of para-hydroxylation sites is 1. The molecule has 2 aliphatic rings. The SMILES string of the molecule is C[C@@H](O)[C@@H]1NC(=O)[C@H](Cc2ccccc2)NC(=O)[C@@H](Cc2c[nH]c3ccccc23)NC(=O)[C@@H](CCc2ccccc2)NC(=O)[C@@H]2CCCN2C(=O)[C@H](Cc2ccccc2)NC1=O. The molecule has 2 saturated heterocycles. The largest absolute Gasteiger partial charge is 0.391 e. The Morgan fingerprint density at radius 2 is 1.10 bits per heavy atom. The molecule has 7 atom stereocenters. The van der Waals surface area contributed by atoms with E-state index in [4.69, 9.17) is 0 Å². The van der Waals surface area contributed by atoms with Crippen LogP contribution in [0.15, 0.2) is 121 Å². The van der Waals surface area contributed by atoms with Crippen LogP contribution in [0.2, 0.25) is 0 Å². The summed E-state index contributed by atoms with van der Waals surface area (Å²) in [4.78, 5) is 91.2. The molecule has 0 spiro atoms. The van der Waals surface area contributed by atoms with E-state index >= 15 is 0 Å². The van der Waals surface area contributed by atoms with E-state index in [0.29, 0.717) is 24.8 Å². The molecular weight excluding hydrogens is 787 g/mol. The van der Waals surface area contributed by atoms with Crippen molar-refractivity contribution in [2.24, 2.45) is 0 Å². The number of carbonyl (C=O) groups excluding carboxylic acids is 6. The highest BCUT2D eigenvalue weighted by Gasteiger charge is 2.41. The Labute approximate surface area is 360 Å². The predicted molar refractivity (Wildman–Crippen MR) is 233 cm³/mol. The number of nitrogens with zero attached hydrogens (tertiary/aromatic N) is 1. The highest BCUT2D eigenvalue weighted by molar-refractivity contribution is 5.99. The van der Waals surface area contributed by atoms with E-state index < -0.39 is 77.8 Å². The second-order valence-corrected chi connectivity index (χ2v) is 16.1. The van der Waals surface area contributed by atoms with Crippen molar-refractivity contribution in [2.75, 3.05) is 6.54 Å². The van der Waals surface area contributed by atoms with E-state index in [-0.39, 0.29) is 32.2 Å². The molecular formula is C48H53N7O7. The number of carbonyl (C=O) groups is 6. The fourth-order valence-electron chi connectivity index (χ4n) is 8.30. The normalized spacial score (nSPS) is 23.5. The minimum Gasteiger partial charge on any atom is -0.391 e. The Morgan fingerprint density at radius 3 is 1.74 bits per heavy atom. The topological polar surface area (TPSA) is 202 Å². The number of fused-ring (bicyclic) bond motifs is 2. The minimum atomic E-state index is -1.53. The lowest BCUT2D eigenvalue weighted by Gasteiger charge is -2.32. The van der Waals surface area contributed by atoms with Gasteiger partial charge in [-0.1, -0.05) is 109 Å². The zero-order chi connectivity index (χ0) is 43.6. The minimum absolute atomic E-state index is 0.00153. The van der Waals surface area contributed by atoms with Crippen LogP contribution in [0, 0.1) is 0 Å². The summed E-state index contributed by atoms with van der Waals surface area (Å²) < 4.78 is 0. The van der Waals surface area contributed by atoms with Crippen LogP contribution in [-0.4, -0.2) is 99.3 Å². The molecule has 7 rings (SSSR count). The van der Waals surface area contributed by atoms with Crippen LogP contribution in [0.25, 0.3) is 10.9 Å². The number of H-pyrrole nitrogens is 1. The predicted octanol–water partition coefficient (Wildman–Crippen LogP) is 2.64. The van der Waals surface area contributed by atoms with Gasteiger partial charge in [-0.3, -0.25) is 28.8 Å². The average Bonchev–Trinajstić information content (AvgIpc) is 3.94. The Balaban J connectivity index is 1.28. The number of aliphatic hydroxyl groups excluding tert-OH is 1. The van der Waals surface area contributed by atoms with Gasteiger partial charge in [0.2, 0.25) is 35.4 Å². The zero-order valence-electron chi connectivity index (χ0n) is 34.6. The van der Waals surface area contributed by atoms with Crippen molar-refractivity contribution in [3.8, 4) is 0 Å². The molecule has 2 fully saturated rings. The second kappa shape index (κ2) is 20.2. The monoisotopic (exact) mass is 839 g/mol. The van der Waals surface area contributed by atoms with Gasteiger partial charge in [-0.2, -0.15) is 0 Å². The van der Waals surface area contributed by atoms with Crippen LogP contribution in [0.1, 0.15) is 48.4 Å². The average molecular weight is 840 g/mol. The number of hydrogen-bond donors (Lipinski definition) is 7. The maximum atomic E-state index is 14.6. The molecule has 14 nitrogen and oxygen atoms in total. The number of rotatable bonds is 10. The first kappa shape index (κ1) is 43.3. The van der Waals surface area contributed by atoms with E-state index in [1.807, 2.05) is 78.9 Å². The van der Waals surface area contributed by atoms with Gasteiger partial charge in [-0.05, 0) is 60.9 Å². The van der Waals surface area contributed by atoms with Crippen LogP contribution in [0.5, 0.6) is 0 Å². The summed E-state index contributed by atoms with van der Waals surface area (Å²) in [5.41, 5.74) is 3.92. The standard InChI is InChI=1S/C48H53N7O7/c1-30(56)42-47(61)53-40(27-33-18-9-4-10-19-33)48(62)55-25-13-22-41(55)46(60)50-37(24-23-31-14-5-2-6-15-31)43(57)52-39(28-34-29-49-36-21-12-11-20-35(34)36)44(58)51-38(45(59)54-42)26-32-16-7-3-8-17-32/h2-12,14-21,29-30,37-42,49,56H,13,22-28H2,1H3,(H,50,60)(H,51,58)(H,52,57)(H,53,61)(H,54,59)/t30-,37-,38+,39-,40+,41+,42+/m1/s1. The van der Waals surface area contributed by atoms with E-state index in [0.717, 1.165) is 27.6 Å². The third kappa shape index (κ3) is 10.7. The first-order chi connectivity index (χ1) is 30.0. The fourth-order valence-corrected chi connectivity index (χ4v) is 8.30. The van der Waals surface area contributed by atoms with Gasteiger partial charge in [-0.25, -0.2) is 0 Å². The van der Waals surface area contributed by atoms with Crippen molar-refractivity contribution in [1.82, 2.24) is 36.5 Å². The molecule has 0 saturated carbocycles. The van der Waals surface area contributed by atoms with Crippen LogP contribution >= 0.6 is 0 Å². The lowest BCUT2D eigenvalue weighted by atomic mass is 9.99. The van der Waals surface area contributed by atoms with E-state index in [9.17, 15) is 33.9 Å². The lowest BCUT2D eigenvalue weighted by molar-refractivity contribution is -0.143. The molecule has 3 heterocycles. The summed E-state index contributed by atoms with van der Waals surface area (Å²) >= 11 is 0. The molecule has 0 bridgehead atoms. The molecule has 1 aromatic heterocycles. The number of aryl methyl sites for hydroxylation is 1. The van der Waals surface area contributed by atoms with Crippen LogP contribution in [-0.2, 0) is 54.5 Å². The first-order valence-electron chi connectivity index (χ1n) is 21.2. The van der Waals surface area contributed by atoms with E-state index in [1.165, 1.54) is 11.8 Å². The molecule has 5 aromatic rings. The van der Waals surface area contributed by atoms with Crippen molar-refractivity contribution in [2.45, 2.75) is 94.2 Å². The van der Waals surface area contributed by atoms with Crippen molar-refractivity contribution in [1.29, 1.82) is 0 Å². The fraction of sp³-hybridized carbons (Fsp3) is 0.333. The maximum Gasteiger partial charge on any atom is 0.246 e. The quantitative estimate of drug-likeness (QED) is 0.112. The third-order valence-electron chi connectivity index (χ3n) is 11.6. The van der Waals surface area contributed by atoms with Gasteiger partial charge in [-0.15, -0.1) is 0 Å². The Morgan fingerprint density at radius 1 is 0.581 bits per heavy atom. The van der Waals surface area contributed by atoms with Gasteiger partial charge in [0.1, 0.15) is 36.3 Å². The smallest absolute Gasteiger partial charge is 0.246 e. The number of aliphatic hydroxyl groups is 1. The summed E-state index contributed by atoms with van der Waals surface area (Å²) in [6, 6.07) is 27.8. The molecule has 7 N–H and O–H groups in total. The van der Waals surface area contributed by atoms with Crippen LogP contribution in [0.3, 0.4) is 0 Å². The van der Waals surface area contributed by atoms with E-state index in [2.05, 4.69) is 31.6 Å². The Bertz CT molecular complexity index is 2350. The van der Waals surface area contributed by atoms with Crippen LogP contribution in [0.4, 0.5) is 0 Å². The van der Waals surface area contributed by atoms with Crippen molar-refractivity contribution >= 4 is 46.3 Å². The molecule has 62 heavy (non-hydrogen) atoms. The molecule has 2 aliphatic heterocycles. The second-order valence-electron chi connectivity index (χ2n) is 16.1. The van der Waals surface area contributed by atoms with Crippen molar-refractivity contribution in [3.63, 3.8) is 0 Å². The summed E-state index contributed by atoms with van der Waals surface area (Å²) in [5.74, 6) is -3.93. The number of hydrogen-bond acceptors (Lipinski definition) is 7. The highest BCUT2D eigenvalue weighted by atomic mass is 16.3. The van der Waals surface area contributed by atoms with Gasteiger partial charge in [0.25, 0.3) is 0 Å². The molecule has 0 aliphatic carbocycles. The Hall–Kier alpha value is -6.80. The van der Waals surface area contributed by atoms with Gasteiger partial charge < -0.3 is 41.6 Å².